The monoisotopic (exact) mass is 353 g/mol. The molecule has 1 aliphatic heterocycles. The number of ether oxygens (including phenoxy) is 1. The largest absolute Gasteiger partial charge is 0.484 e. The van der Waals surface area contributed by atoms with Gasteiger partial charge in [-0.1, -0.05) is 12.1 Å². The number of aliphatic hydroxyl groups is 1. The van der Waals surface area contributed by atoms with Crippen LogP contribution in [0, 0.1) is 0 Å². The molecule has 1 aromatic heterocycles. The fraction of sp³-hybridized carbons (Fsp3) is 0.263. The number of pyridine rings is 1. The lowest BCUT2D eigenvalue weighted by Crippen LogP contribution is -2.50. The number of nitrogens with zero attached hydrogens (tertiary/aromatic N) is 1. The molecule has 0 radical (unpaired) electrons. The number of aromatic nitrogens is 1. The van der Waals surface area contributed by atoms with Crippen LogP contribution in [0.15, 0.2) is 35.1 Å². The second-order valence-electron chi connectivity index (χ2n) is 7.04. The molecular formula is C19H19N3O4. The molecule has 0 aliphatic carbocycles. The van der Waals surface area contributed by atoms with Gasteiger partial charge in [0, 0.05) is 18.5 Å². The van der Waals surface area contributed by atoms with Gasteiger partial charge in [-0.25, -0.2) is 0 Å². The number of carbonyl (C=O) groups is 1. The molecule has 0 spiro atoms. The van der Waals surface area contributed by atoms with Crippen molar-refractivity contribution in [3.05, 3.63) is 46.1 Å². The van der Waals surface area contributed by atoms with Crippen LogP contribution in [0.4, 0.5) is 5.69 Å². The molecule has 7 heteroatoms. The molecular weight excluding hydrogens is 334 g/mol. The van der Waals surface area contributed by atoms with Crippen molar-refractivity contribution in [1.82, 2.24) is 4.57 Å². The Hall–Kier alpha value is -2.90. The van der Waals surface area contributed by atoms with Crippen molar-refractivity contribution in [3.8, 4) is 5.75 Å². The van der Waals surface area contributed by atoms with Crippen LogP contribution in [0.3, 0.4) is 0 Å². The van der Waals surface area contributed by atoms with Crippen LogP contribution in [0.1, 0.15) is 24.2 Å². The zero-order chi connectivity index (χ0) is 18.8. The number of benzene rings is 2. The molecule has 0 saturated carbocycles. The van der Waals surface area contributed by atoms with Crippen molar-refractivity contribution in [2.45, 2.75) is 25.6 Å². The van der Waals surface area contributed by atoms with Crippen molar-refractivity contribution >= 4 is 33.3 Å². The van der Waals surface area contributed by atoms with Crippen LogP contribution in [-0.2, 0) is 7.05 Å². The lowest BCUT2D eigenvalue weighted by molar-refractivity contribution is -0.0246. The predicted octanol–water partition coefficient (Wildman–Crippen LogP) is 1.69. The van der Waals surface area contributed by atoms with Crippen molar-refractivity contribution in [1.29, 1.82) is 0 Å². The van der Waals surface area contributed by atoms with E-state index >= 15 is 0 Å². The molecule has 2 heterocycles. The number of Topliss-reactive ketones (excluding diaryl/α,β-unsaturated/α-hetero) is 1. The molecule has 7 nitrogen and oxygen atoms in total. The smallest absolute Gasteiger partial charge is 0.201 e. The van der Waals surface area contributed by atoms with E-state index in [4.69, 9.17) is 10.6 Å². The molecule has 2 aromatic carbocycles. The van der Waals surface area contributed by atoms with Gasteiger partial charge in [-0.05, 0) is 26.0 Å². The van der Waals surface area contributed by atoms with E-state index < -0.39 is 17.5 Å². The molecule has 1 aliphatic rings. The van der Waals surface area contributed by atoms with E-state index in [-0.39, 0.29) is 22.1 Å². The highest BCUT2D eigenvalue weighted by atomic mass is 16.5. The highest BCUT2D eigenvalue weighted by Gasteiger charge is 2.44. The maximum atomic E-state index is 13.1. The van der Waals surface area contributed by atoms with Crippen LogP contribution >= 0.6 is 0 Å². The maximum absolute atomic E-state index is 13.1. The SMILES string of the molecule is Cn1c2ccccc2c(=O)c2c(NN)cc3c(c21)C(=O)C(O)C(C)(C)O3. The van der Waals surface area contributed by atoms with Crippen molar-refractivity contribution in [2.24, 2.45) is 12.9 Å². The van der Waals surface area contributed by atoms with Gasteiger partial charge >= 0.3 is 0 Å². The van der Waals surface area contributed by atoms with Gasteiger partial charge in [0.25, 0.3) is 0 Å². The number of aliphatic hydroxyl groups excluding tert-OH is 1. The van der Waals surface area contributed by atoms with Gasteiger partial charge in [-0.2, -0.15) is 0 Å². The molecule has 0 amide bonds. The van der Waals surface area contributed by atoms with Crippen LogP contribution in [0.25, 0.3) is 21.8 Å². The second-order valence-corrected chi connectivity index (χ2v) is 7.04. The van der Waals surface area contributed by atoms with Crippen LogP contribution in [0.2, 0.25) is 0 Å². The van der Waals surface area contributed by atoms with Crippen LogP contribution < -0.4 is 21.4 Å². The third-order valence-corrected chi connectivity index (χ3v) is 5.02. The number of nitrogens with two attached hydrogens (primary N) is 1. The highest BCUT2D eigenvalue weighted by Crippen LogP contribution is 2.40. The number of nitrogen functional groups attached to an aromatic ring is 1. The number of aryl methyl sites for hydroxylation is 1. The third-order valence-electron chi connectivity index (χ3n) is 5.02. The number of rotatable bonds is 1. The quantitative estimate of drug-likeness (QED) is 0.349. The second kappa shape index (κ2) is 5.30. The Balaban J connectivity index is 2.27. The van der Waals surface area contributed by atoms with Gasteiger partial charge in [-0.3, -0.25) is 15.4 Å². The van der Waals surface area contributed by atoms with E-state index in [1.165, 1.54) is 0 Å². The summed E-state index contributed by atoms with van der Waals surface area (Å²) in [5.74, 6) is 5.46. The zero-order valence-corrected chi connectivity index (χ0v) is 14.7. The summed E-state index contributed by atoms with van der Waals surface area (Å²) in [5, 5.41) is 11.2. The Bertz CT molecular complexity index is 1150. The first-order valence-electron chi connectivity index (χ1n) is 8.24. The lowest BCUT2D eigenvalue weighted by Gasteiger charge is -2.36. The van der Waals surface area contributed by atoms with Gasteiger partial charge in [0.2, 0.25) is 5.78 Å². The Labute approximate surface area is 148 Å². The fourth-order valence-electron chi connectivity index (χ4n) is 3.65. The number of carbonyl (C=O) groups excluding carboxylic acids is 1. The van der Waals surface area contributed by atoms with E-state index in [1.54, 1.807) is 49.7 Å². The summed E-state index contributed by atoms with van der Waals surface area (Å²) in [5.41, 5.74) is 2.83. The normalized spacial score (nSPS) is 18.7. The summed E-state index contributed by atoms with van der Waals surface area (Å²) >= 11 is 0. The van der Waals surface area contributed by atoms with Crippen molar-refractivity contribution in [3.63, 3.8) is 0 Å². The number of ketones is 1. The predicted molar refractivity (Wildman–Crippen MR) is 99.5 cm³/mol. The first kappa shape index (κ1) is 16.6. The molecule has 3 aromatic rings. The fourth-order valence-corrected chi connectivity index (χ4v) is 3.65. The van der Waals surface area contributed by atoms with E-state index in [9.17, 15) is 14.7 Å². The molecule has 134 valence electrons. The van der Waals surface area contributed by atoms with Gasteiger partial charge in [0.1, 0.15) is 11.4 Å². The summed E-state index contributed by atoms with van der Waals surface area (Å²) in [4.78, 5) is 26.0. The molecule has 0 bridgehead atoms. The topological polar surface area (TPSA) is 107 Å². The number of para-hydroxylation sites is 1. The maximum Gasteiger partial charge on any atom is 0.201 e. The minimum absolute atomic E-state index is 0.191. The van der Waals surface area contributed by atoms with Gasteiger partial charge in [-0.15, -0.1) is 0 Å². The number of fused-ring (bicyclic) bond motifs is 4. The highest BCUT2D eigenvalue weighted by molar-refractivity contribution is 6.16. The van der Waals surface area contributed by atoms with Gasteiger partial charge in [0.15, 0.2) is 11.5 Å². The minimum atomic E-state index is -1.34. The average Bonchev–Trinajstić information content (AvgIpc) is 2.62. The number of hydrogen-bond donors (Lipinski definition) is 3. The number of anilines is 1. The van der Waals surface area contributed by atoms with Gasteiger partial charge < -0.3 is 19.8 Å². The third kappa shape index (κ3) is 2.01. The van der Waals surface area contributed by atoms with E-state index in [2.05, 4.69) is 5.43 Å². The molecule has 1 atom stereocenters. The first-order chi connectivity index (χ1) is 12.3. The lowest BCUT2D eigenvalue weighted by atomic mass is 9.88. The van der Waals surface area contributed by atoms with E-state index in [0.717, 1.165) is 0 Å². The summed E-state index contributed by atoms with van der Waals surface area (Å²) in [7, 11) is 1.77. The zero-order valence-electron chi connectivity index (χ0n) is 14.7. The molecule has 0 fully saturated rings. The van der Waals surface area contributed by atoms with Crippen molar-refractivity contribution in [2.75, 3.05) is 5.43 Å². The summed E-state index contributed by atoms with van der Waals surface area (Å²) in [6, 6.07) is 8.68. The first-order valence-corrected chi connectivity index (χ1v) is 8.24. The number of hydrazine groups is 1. The Kier molecular flexibility index (Phi) is 3.37. The number of nitrogens with one attached hydrogen (secondary N) is 1. The Morgan fingerprint density at radius 3 is 2.65 bits per heavy atom. The molecule has 4 N–H and O–H groups in total. The Morgan fingerprint density at radius 1 is 1.27 bits per heavy atom. The molecule has 26 heavy (non-hydrogen) atoms. The minimum Gasteiger partial charge on any atom is -0.484 e. The summed E-state index contributed by atoms with van der Waals surface area (Å²) in [6.45, 7) is 3.27. The Morgan fingerprint density at radius 2 is 1.96 bits per heavy atom. The van der Waals surface area contributed by atoms with E-state index in [1.807, 2.05) is 6.07 Å². The number of hydrogen-bond acceptors (Lipinski definition) is 6. The van der Waals surface area contributed by atoms with E-state index in [0.29, 0.717) is 22.1 Å². The molecule has 0 saturated heterocycles. The summed E-state index contributed by atoms with van der Waals surface area (Å²) in [6.07, 6.45) is -1.34. The van der Waals surface area contributed by atoms with Crippen LogP contribution in [-0.4, -0.2) is 27.2 Å². The average molecular weight is 353 g/mol. The van der Waals surface area contributed by atoms with Crippen LogP contribution in [0.5, 0.6) is 5.75 Å². The molecule has 4 rings (SSSR count). The van der Waals surface area contributed by atoms with Crippen molar-refractivity contribution < 1.29 is 14.6 Å². The molecule has 1 unspecified atom stereocenters. The van der Waals surface area contributed by atoms with Gasteiger partial charge in [0.05, 0.1) is 27.7 Å². The summed E-state index contributed by atoms with van der Waals surface area (Å²) < 4.78 is 7.64. The standard InChI is InChI=1S/C19H19N3O4/c1-19(2)18(25)17(24)14-12(26-19)8-10(21-20)13-15(14)22(3)11-7-5-4-6-9(11)16(13)23/h4-8,18,21,25H,20H2,1-3H3.